The van der Waals surface area contributed by atoms with Crippen LogP contribution < -0.4 is 10.6 Å². The van der Waals surface area contributed by atoms with Gasteiger partial charge in [-0.05, 0) is 24.0 Å². The highest BCUT2D eigenvalue weighted by atomic mass is 32.1. The standard InChI is InChI=1S/C26H28N6O2S2/c33-21(17-19-11-5-3-6-12-19)27-25-31-29-23(35-25)15-9-1-2-10-16-24-30-32-26(36-24)28-22(34)18-20-13-7-4-8-14-20/h3-8,11-14H,1-2,9-10,15-18H2,(H,27,31,33)(H,28,32,34). The Morgan fingerprint density at radius 3 is 1.42 bits per heavy atom. The summed E-state index contributed by atoms with van der Waals surface area (Å²) in [6.07, 6.45) is 6.54. The van der Waals surface area contributed by atoms with Crippen molar-refractivity contribution in [2.75, 3.05) is 10.6 Å². The molecule has 4 rings (SSSR count). The van der Waals surface area contributed by atoms with Gasteiger partial charge in [-0.3, -0.25) is 9.59 Å². The number of nitrogens with one attached hydrogen (secondary N) is 2. The molecule has 10 heteroatoms. The minimum Gasteiger partial charge on any atom is -0.300 e. The van der Waals surface area contributed by atoms with Crippen molar-refractivity contribution in [3.63, 3.8) is 0 Å². The summed E-state index contributed by atoms with van der Waals surface area (Å²) in [4.78, 5) is 24.3. The summed E-state index contributed by atoms with van der Waals surface area (Å²) in [6, 6.07) is 19.3. The molecule has 2 heterocycles. The van der Waals surface area contributed by atoms with Crippen LogP contribution >= 0.6 is 22.7 Å². The average molecular weight is 521 g/mol. The number of carbonyl (C=O) groups is 2. The van der Waals surface area contributed by atoms with Crippen LogP contribution in [0.1, 0.15) is 46.8 Å². The van der Waals surface area contributed by atoms with Gasteiger partial charge in [-0.15, -0.1) is 20.4 Å². The third-order valence-electron chi connectivity index (χ3n) is 5.37. The lowest BCUT2D eigenvalue weighted by atomic mass is 10.1. The minimum absolute atomic E-state index is 0.0838. The molecule has 0 bridgehead atoms. The summed E-state index contributed by atoms with van der Waals surface area (Å²) in [7, 11) is 0. The third-order valence-corrected chi connectivity index (χ3v) is 7.17. The Hall–Kier alpha value is -3.50. The number of hydrogen-bond acceptors (Lipinski definition) is 8. The van der Waals surface area contributed by atoms with E-state index in [0.717, 1.165) is 59.7 Å². The lowest BCUT2D eigenvalue weighted by Gasteiger charge is -2.01. The molecular weight excluding hydrogens is 492 g/mol. The number of nitrogens with zero attached hydrogens (tertiary/aromatic N) is 4. The number of rotatable bonds is 13. The van der Waals surface area contributed by atoms with Crippen LogP contribution in [-0.2, 0) is 35.3 Å². The topological polar surface area (TPSA) is 110 Å². The Balaban J connectivity index is 1.08. The van der Waals surface area contributed by atoms with Crippen LogP contribution in [0.25, 0.3) is 0 Å². The van der Waals surface area contributed by atoms with Crippen molar-refractivity contribution in [3.05, 3.63) is 81.8 Å². The normalized spacial score (nSPS) is 10.8. The molecule has 0 aliphatic carbocycles. The number of anilines is 2. The van der Waals surface area contributed by atoms with Crippen molar-refractivity contribution in [2.45, 2.75) is 51.4 Å². The molecule has 2 amide bonds. The van der Waals surface area contributed by atoms with Gasteiger partial charge in [0, 0.05) is 12.8 Å². The van der Waals surface area contributed by atoms with Gasteiger partial charge in [0.25, 0.3) is 0 Å². The van der Waals surface area contributed by atoms with Crippen LogP contribution in [0, 0.1) is 0 Å². The van der Waals surface area contributed by atoms with Crippen molar-refractivity contribution in [2.24, 2.45) is 0 Å². The average Bonchev–Trinajstić information content (AvgIpc) is 3.51. The molecule has 36 heavy (non-hydrogen) atoms. The summed E-state index contributed by atoms with van der Waals surface area (Å²) in [5, 5.41) is 25.2. The lowest BCUT2D eigenvalue weighted by Crippen LogP contribution is -2.14. The highest BCUT2D eigenvalue weighted by molar-refractivity contribution is 7.15. The zero-order valence-electron chi connectivity index (χ0n) is 19.9. The van der Waals surface area contributed by atoms with Crippen molar-refractivity contribution in [1.82, 2.24) is 20.4 Å². The molecule has 0 unspecified atom stereocenters. The molecule has 2 aromatic heterocycles. The van der Waals surface area contributed by atoms with Gasteiger partial charge < -0.3 is 10.6 Å². The van der Waals surface area contributed by atoms with Crippen LogP contribution in [0.5, 0.6) is 0 Å². The maximum absolute atomic E-state index is 12.2. The number of aromatic nitrogens is 4. The van der Waals surface area contributed by atoms with Gasteiger partial charge in [0.05, 0.1) is 12.8 Å². The molecule has 4 aromatic rings. The number of benzene rings is 2. The second-order valence-corrected chi connectivity index (χ2v) is 10.5. The summed E-state index contributed by atoms with van der Waals surface area (Å²) in [6.45, 7) is 0. The molecule has 0 radical (unpaired) electrons. The van der Waals surface area contributed by atoms with Gasteiger partial charge in [0.1, 0.15) is 10.0 Å². The summed E-state index contributed by atoms with van der Waals surface area (Å²) in [5.74, 6) is -0.168. The fourth-order valence-corrected chi connectivity index (χ4v) is 5.20. The Morgan fingerprint density at radius 1 is 0.583 bits per heavy atom. The van der Waals surface area contributed by atoms with Gasteiger partial charge in [-0.2, -0.15) is 0 Å². The molecule has 0 saturated carbocycles. The van der Waals surface area contributed by atoms with Gasteiger partial charge in [0.15, 0.2) is 0 Å². The van der Waals surface area contributed by atoms with Gasteiger partial charge in [0.2, 0.25) is 22.1 Å². The van der Waals surface area contributed by atoms with Crippen LogP contribution in [0.2, 0.25) is 0 Å². The summed E-state index contributed by atoms with van der Waals surface area (Å²) >= 11 is 2.87. The zero-order chi connectivity index (χ0) is 25.0. The Bertz CT molecular complexity index is 1150. The quantitative estimate of drug-likeness (QED) is 0.237. The van der Waals surface area contributed by atoms with Gasteiger partial charge >= 0.3 is 0 Å². The van der Waals surface area contributed by atoms with Crippen molar-refractivity contribution >= 4 is 44.8 Å². The summed E-state index contributed by atoms with van der Waals surface area (Å²) in [5.41, 5.74) is 1.94. The summed E-state index contributed by atoms with van der Waals surface area (Å²) < 4.78 is 0. The largest absolute Gasteiger partial charge is 0.300 e. The Labute approximate surface area is 218 Å². The first kappa shape index (κ1) is 25.6. The van der Waals surface area contributed by atoms with E-state index < -0.39 is 0 Å². The van der Waals surface area contributed by atoms with E-state index in [0.29, 0.717) is 23.1 Å². The van der Waals surface area contributed by atoms with Gasteiger partial charge in [-0.1, -0.05) is 96.2 Å². The predicted molar refractivity (Wildman–Crippen MR) is 143 cm³/mol. The fraction of sp³-hybridized carbons (Fsp3) is 0.308. The predicted octanol–water partition coefficient (Wildman–Crippen LogP) is 5.10. The molecule has 0 saturated heterocycles. The van der Waals surface area contributed by atoms with E-state index in [4.69, 9.17) is 0 Å². The van der Waals surface area contributed by atoms with E-state index in [9.17, 15) is 9.59 Å². The minimum atomic E-state index is -0.0838. The molecule has 186 valence electrons. The van der Waals surface area contributed by atoms with E-state index in [1.54, 1.807) is 0 Å². The molecule has 0 atom stereocenters. The second-order valence-electron chi connectivity index (χ2n) is 8.34. The van der Waals surface area contributed by atoms with Crippen molar-refractivity contribution < 1.29 is 9.59 Å². The van der Waals surface area contributed by atoms with Crippen LogP contribution in [0.3, 0.4) is 0 Å². The molecule has 8 nitrogen and oxygen atoms in total. The number of carbonyl (C=O) groups excluding carboxylic acids is 2. The van der Waals surface area contributed by atoms with E-state index >= 15 is 0 Å². The highest BCUT2D eigenvalue weighted by Crippen LogP contribution is 2.20. The molecule has 0 fully saturated rings. The smallest absolute Gasteiger partial charge is 0.230 e. The third kappa shape index (κ3) is 8.62. The van der Waals surface area contributed by atoms with Crippen molar-refractivity contribution in [3.8, 4) is 0 Å². The number of hydrogen-bond donors (Lipinski definition) is 2. The number of aryl methyl sites for hydroxylation is 2. The SMILES string of the molecule is O=C(Cc1ccccc1)Nc1nnc(CCCCCCc2nnc(NC(=O)Cc3ccccc3)s2)s1. The first-order valence-electron chi connectivity index (χ1n) is 12.0. The van der Waals surface area contributed by atoms with E-state index in [1.807, 2.05) is 60.7 Å². The van der Waals surface area contributed by atoms with Crippen molar-refractivity contribution in [1.29, 1.82) is 0 Å². The van der Waals surface area contributed by atoms with E-state index in [-0.39, 0.29) is 11.8 Å². The second kappa shape index (κ2) is 13.6. The van der Waals surface area contributed by atoms with E-state index in [2.05, 4.69) is 31.0 Å². The maximum Gasteiger partial charge on any atom is 0.230 e. The zero-order valence-corrected chi connectivity index (χ0v) is 21.5. The Kier molecular flexibility index (Phi) is 9.63. The highest BCUT2D eigenvalue weighted by Gasteiger charge is 2.10. The molecule has 2 aromatic carbocycles. The molecular formula is C26H28N6O2S2. The first-order chi connectivity index (χ1) is 17.6. The molecule has 0 aliphatic heterocycles. The molecule has 2 N–H and O–H groups in total. The lowest BCUT2D eigenvalue weighted by molar-refractivity contribution is -0.116. The monoisotopic (exact) mass is 520 g/mol. The molecule has 0 spiro atoms. The maximum atomic E-state index is 12.2. The number of unbranched alkanes of at least 4 members (excludes halogenated alkanes) is 3. The fourth-order valence-electron chi connectivity index (χ4n) is 3.61. The van der Waals surface area contributed by atoms with Crippen LogP contribution in [0.4, 0.5) is 10.3 Å². The number of amides is 2. The van der Waals surface area contributed by atoms with Crippen LogP contribution in [-0.4, -0.2) is 32.2 Å². The Morgan fingerprint density at radius 2 is 1.00 bits per heavy atom. The first-order valence-corrected chi connectivity index (χ1v) is 13.6. The van der Waals surface area contributed by atoms with Gasteiger partial charge in [-0.25, -0.2) is 0 Å². The van der Waals surface area contributed by atoms with Crippen LogP contribution in [0.15, 0.2) is 60.7 Å². The molecule has 0 aliphatic rings. The van der Waals surface area contributed by atoms with E-state index in [1.165, 1.54) is 22.7 Å².